The first-order chi connectivity index (χ1) is 50.8. The summed E-state index contributed by atoms with van der Waals surface area (Å²) in [6.45, 7) is -0.572. The fourth-order valence-corrected chi connectivity index (χ4v) is 10.0. The van der Waals surface area contributed by atoms with E-state index in [2.05, 4.69) is 98.4 Å². The Morgan fingerprint density at radius 3 is 1.13 bits per heavy atom. The summed E-state index contributed by atoms with van der Waals surface area (Å²) in [7, 11) is 0. The molecule has 0 spiro atoms. The van der Waals surface area contributed by atoms with Gasteiger partial charge in [0.1, 0.15) is 60.4 Å². The van der Waals surface area contributed by atoms with E-state index in [-0.39, 0.29) is 147 Å². The molecule has 0 unspecified atom stereocenters. The molecular weight excluding hydrogens is 1410 g/mol. The van der Waals surface area contributed by atoms with Crippen molar-refractivity contribution in [2.24, 2.45) is 83.0 Å². The van der Waals surface area contributed by atoms with Gasteiger partial charge in [-0.15, -0.1) is 0 Å². The van der Waals surface area contributed by atoms with Crippen LogP contribution in [-0.2, 0) is 75.2 Å². The van der Waals surface area contributed by atoms with Gasteiger partial charge >= 0.3 is 11.9 Å². The predicted molar refractivity (Wildman–Crippen MR) is 388 cm³/mol. The lowest BCUT2D eigenvalue weighted by atomic mass is 10.0. The van der Waals surface area contributed by atoms with Gasteiger partial charge in [0, 0.05) is 69.2 Å². The minimum Gasteiger partial charge on any atom is -0.481 e. The van der Waals surface area contributed by atoms with Crippen molar-refractivity contribution in [1.82, 2.24) is 78.4 Å². The standard InChI is InChI=1S/C61H108N30O16/c1-32(47(96)84-38(12-6-20-75-58(65)66)52(101)86-40(14-8-22-77-60(69)70)54(103)91-44(29-92)56(105)88-39(13-7-21-76-59(67)68)53(102)89-42(57(106)107)15-9-23-78-61(71)72)82-50(99)41(16-17-46(94)95)83-45(93)28-79-49(98)36(10-2-4-18-62)85-51(100)37(11-3-5-19-63)87-55(104)43(25-34-27-74-31-81-34)90-48(97)35(64)24-33-26-73-30-80-33/h26-27,30-32,35-44,92H,2-25,28-29,62-64H2,1H3,(H,73,80)(H,74,81)(H,79,98)(H,82,99)(H,83,93)(H,84,96)(H,85,100)(H,86,101)(H,87,104)(H,88,105)(H,89,102)(H,90,97)(H,91,103)(H,94,95)(H,106,107)(H4,65,66,75)(H4,67,68,76)(H4,69,70,77)(H4,71,72,78)/t32-,35-,36-,37-,38-,39-,40-,41-,42-,43-,44-/m0/s1. The summed E-state index contributed by atoms with van der Waals surface area (Å²) in [5.74, 6) is -14.7. The van der Waals surface area contributed by atoms with E-state index in [4.69, 9.17) is 63.1 Å². The average molecular weight is 1520 g/mol. The number of aliphatic carboxylic acids is 2. The molecule has 107 heavy (non-hydrogen) atoms. The van der Waals surface area contributed by atoms with Gasteiger partial charge in [-0.3, -0.25) is 77.5 Å². The van der Waals surface area contributed by atoms with Gasteiger partial charge in [0.15, 0.2) is 23.8 Å². The SMILES string of the molecule is C[C@H](NC(=O)[C@H](CCC(=O)O)NC(=O)CNC(=O)[C@H](CCCCN)NC(=O)[C@H](CCCCN)NC(=O)[C@H](Cc1cnc[nH]1)NC(=O)[C@@H](N)Cc1cnc[nH]1)C(=O)N[C@@H](CCCN=C(N)N)C(=O)N[C@@H](CCCN=C(N)N)C(=O)N[C@@H](CO)C(=O)N[C@@H](CCCN=C(N)N)C(=O)N[C@@H](CCCN=C(N)N)C(=O)O. The van der Waals surface area contributed by atoms with Crippen LogP contribution in [-0.4, -0.2) is 255 Å². The maximum absolute atomic E-state index is 14.3. The Balaban J connectivity index is 2.39. The molecule has 0 aliphatic rings. The second-order valence-corrected chi connectivity index (χ2v) is 24.5. The first kappa shape index (κ1) is 91.5. The number of hydrogen-bond acceptors (Lipinski definition) is 23. The van der Waals surface area contributed by atoms with Crippen molar-refractivity contribution in [3.63, 3.8) is 0 Å². The fraction of sp³-hybridized carbons (Fsp3) is 0.623. The number of aromatic nitrogens is 4. The predicted octanol–water partition coefficient (Wildman–Crippen LogP) is -11.4. The number of imidazole rings is 2. The van der Waals surface area contributed by atoms with E-state index in [0.29, 0.717) is 30.7 Å². The van der Waals surface area contributed by atoms with Crippen molar-refractivity contribution in [3.05, 3.63) is 36.4 Å². The first-order valence-corrected chi connectivity index (χ1v) is 34.5. The number of guanidine groups is 4. The number of nitrogens with two attached hydrogens (primary N) is 11. The van der Waals surface area contributed by atoms with Crippen molar-refractivity contribution < 1.29 is 77.6 Å². The quantitative estimate of drug-likeness (QED) is 0.0166. The van der Waals surface area contributed by atoms with Gasteiger partial charge in [-0.05, 0) is 116 Å². The number of unbranched alkanes of at least 4 members (excludes halogenated alkanes) is 2. The highest BCUT2D eigenvalue weighted by Crippen LogP contribution is 2.12. The molecule has 2 rings (SSSR count). The summed E-state index contributed by atoms with van der Waals surface area (Å²) in [6.07, 6.45) is 5.06. The number of aromatic amines is 2. The first-order valence-electron chi connectivity index (χ1n) is 34.5. The third kappa shape index (κ3) is 38.7. The largest absolute Gasteiger partial charge is 0.481 e. The van der Waals surface area contributed by atoms with Crippen LogP contribution in [0.15, 0.2) is 45.0 Å². The number of aliphatic imine (C=N–C) groups is 4. The lowest BCUT2D eigenvalue weighted by Crippen LogP contribution is -2.60. The Bertz CT molecular complexity index is 3290. The Labute approximate surface area is 615 Å². The number of carbonyl (C=O) groups excluding carboxylic acids is 11. The zero-order valence-corrected chi connectivity index (χ0v) is 59.7. The van der Waals surface area contributed by atoms with Gasteiger partial charge in [-0.2, -0.15) is 0 Å². The fourth-order valence-electron chi connectivity index (χ4n) is 10.0. The van der Waals surface area contributed by atoms with Gasteiger partial charge in [0.05, 0.1) is 31.8 Å². The van der Waals surface area contributed by atoms with Gasteiger partial charge in [0.2, 0.25) is 65.0 Å². The van der Waals surface area contributed by atoms with Gasteiger partial charge in [0.25, 0.3) is 0 Å². The van der Waals surface area contributed by atoms with Crippen LogP contribution in [0.5, 0.6) is 0 Å². The number of amides is 11. The van der Waals surface area contributed by atoms with E-state index in [1.54, 1.807) is 0 Å². The molecule has 598 valence electrons. The average Bonchev–Trinajstić information content (AvgIpc) is 1.74. The number of aliphatic hydroxyl groups is 1. The number of carbonyl (C=O) groups is 13. The van der Waals surface area contributed by atoms with Gasteiger partial charge in [-0.1, -0.05) is 0 Å². The minimum absolute atomic E-state index is 0.00678. The Hall–Kier alpha value is -11.5. The van der Waals surface area contributed by atoms with Crippen LogP contribution in [0.4, 0.5) is 0 Å². The van der Waals surface area contributed by atoms with Crippen LogP contribution in [0.1, 0.15) is 121 Å². The van der Waals surface area contributed by atoms with Gasteiger partial charge in [-0.25, -0.2) is 14.8 Å². The molecule has 11 amide bonds. The van der Waals surface area contributed by atoms with Crippen LogP contribution in [0.2, 0.25) is 0 Å². The highest BCUT2D eigenvalue weighted by atomic mass is 16.4. The monoisotopic (exact) mass is 1520 g/mol. The lowest BCUT2D eigenvalue weighted by Gasteiger charge is -2.27. The van der Waals surface area contributed by atoms with E-state index in [1.165, 1.54) is 32.0 Å². The van der Waals surface area contributed by atoms with Crippen molar-refractivity contribution in [2.75, 3.05) is 52.4 Å². The van der Waals surface area contributed by atoms with E-state index >= 15 is 0 Å². The summed E-state index contributed by atoms with van der Waals surface area (Å²) in [5.41, 5.74) is 62.3. The molecule has 0 aliphatic carbocycles. The number of H-pyrrole nitrogens is 2. The molecule has 2 aromatic rings. The molecule has 0 radical (unpaired) electrons. The molecule has 38 N–H and O–H groups in total. The highest BCUT2D eigenvalue weighted by molar-refractivity contribution is 5.99. The number of nitrogens with one attached hydrogen (secondary N) is 13. The lowest BCUT2D eigenvalue weighted by molar-refractivity contribution is -0.142. The van der Waals surface area contributed by atoms with Crippen molar-refractivity contribution >= 4 is 101 Å². The normalized spacial score (nSPS) is 14.0. The van der Waals surface area contributed by atoms with Crippen molar-refractivity contribution in [3.8, 4) is 0 Å². The maximum Gasteiger partial charge on any atom is 0.326 e. The van der Waals surface area contributed by atoms with Crippen LogP contribution in [0.3, 0.4) is 0 Å². The summed E-state index contributed by atoms with van der Waals surface area (Å²) in [4.78, 5) is 206. The molecule has 0 saturated carbocycles. The smallest absolute Gasteiger partial charge is 0.326 e. The molecule has 0 saturated heterocycles. The van der Waals surface area contributed by atoms with E-state index < -0.39 is 169 Å². The Kier molecular flexibility index (Phi) is 43.4. The zero-order chi connectivity index (χ0) is 80.0. The molecule has 0 fully saturated rings. The molecule has 0 aromatic carbocycles. The summed E-state index contributed by atoms with van der Waals surface area (Å²) in [6, 6.07) is -16.4. The topological polar surface area (TPSA) is 808 Å². The summed E-state index contributed by atoms with van der Waals surface area (Å²) in [5, 5.41) is 57.0. The van der Waals surface area contributed by atoms with Crippen LogP contribution in [0, 0.1) is 0 Å². The summed E-state index contributed by atoms with van der Waals surface area (Å²) < 4.78 is 0. The van der Waals surface area contributed by atoms with Crippen LogP contribution < -0.4 is 122 Å². The van der Waals surface area contributed by atoms with Crippen molar-refractivity contribution in [1.29, 1.82) is 0 Å². The van der Waals surface area contributed by atoms with E-state index in [0.717, 1.165) is 0 Å². The third-order valence-corrected chi connectivity index (χ3v) is 15.7. The molecule has 2 aromatic heterocycles. The minimum atomic E-state index is -1.85. The highest BCUT2D eigenvalue weighted by Gasteiger charge is 2.36. The van der Waals surface area contributed by atoms with Crippen LogP contribution in [0.25, 0.3) is 0 Å². The molecule has 46 nitrogen and oxygen atoms in total. The molecule has 0 bridgehead atoms. The van der Waals surface area contributed by atoms with Gasteiger partial charge < -0.3 is 147 Å². The number of nitrogens with zero attached hydrogens (tertiary/aromatic N) is 6. The number of hydrogen-bond donors (Lipinski definition) is 27. The maximum atomic E-state index is 14.3. The third-order valence-electron chi connectivity index (χ3n) is 15.7. The number of rotatable bonds is 55. The number of aliphatic hydroxyl groups excluding tert-OH is 1. The van der Waals surface area contributed by atoms with E-state index in [9.17, 15) is 77.6 Å². The zero-order valence-electron chi connectivity index (χ0n) is 59.7. The molecule has 2 heterocycles. The van der Waals surface area contributed by atoms with Crippen LogP contribution >= 0.6 is 0 Å². The molecule has 0 aliphatic heterocycles. The Morgan fingerprint density at radius 1 is 0.411 bits per heavy atom. The number of carboxylic acids is 2. The van der Waals surface area contributed by atoms with Crippen molar-refractivity contribution in [2.45, 2.75) is 189 Å². The molecular formula is C61H108N30O16. The number of carboxylic acid groups (broad SMARTS) is 2. The molecule has 46 heteroatoms. The summed E-state index contributed by atoms with van der Waals surface area (Å²) >= 11 is 0. The second kappa shape index (κ2) is 50.8. The molecule has 11 atom stereocenters. The Morgan fingerprint density at radius 2 is 0.748 bits per heavy atom. The van der Waals surface area contributed by atoms with E-state index in [1.807, 2.05) is 0 Å². The second-order valence-electron chi connectivity index (χ2n) is 24.5.